The van der Waals surface area contributed by atoms with E-state index in [9.17, 15) is 8.42 Å². The van der Waals surface area contributed by atoms with Gasteiger partial charge in [0.1, 0.15) is 4.90 Å². The molecular weight excluding hydrogens is 322 g/mol. The van der Waals surface area contributed by atoms with Crippen molar-refractivity contribution in [3.63, 3.8) is 0 Å². The van der Waals surface area contributed by atoms with Gasteiger partial charge in [-0.2, -0.15) is 5.10 Å². The first-order valence-electron chi connectivity index (χ1n) is 7.80. The van der Waals surface area contributed by atoms with Gasteiger partial charge in [0.2, 0.25) is 0 Å². The molecular formula is C18H17N3O2S. The van der Waals surface area contributed by atoms with E-state index >= 15 is 0 Å². The zero-order valence-corrected chi connectivity index (χ0v) is 14.1. The Labute approximate surface area is 141 Å². The minimum absolute atomic E-state index is 0.253. The van der Waals surface area contributed by atoms with Crippen molar-refractivity contribution in [1.29, 1.82) is 0 Å². The van der Waals surface area contributed by atoms with Crippen molar-refractivity contribution < 1.29 is 8.42 Å². The highest BCUT2D eigenvalue weighted by atomic mass is 32.2. The molecule has 1 aliphatic heterocycles. The molecule has 2 heterocycles. The fourth-order valence-corrected chi connectivity index (χ4v) is 4.74. The number of nitrogens with zero attached hydrogens (tertiary/aromatic N) is 3. The Morgan fingerprint density at radius 1 is 1.00 bits per heavy atom. The van der Waals surface area contributed by atoms with Crippen molar-refractivity contribution in [3.05, 3.63) is 72.1 Å². The number of hydrogen-bond donors (Lipinski definition) is 0. The van der Waals surface area contributed by atoms with Crippen molar-refractivity contribution in [2.24, 2.45) is 0 Å². The van der Waals surface area contributed by atoms with Gasteiger partial charge in [0, 0.05) is 6.54 Å². The molecule has 5 nitrogen and oxygen atoms in total. The monoisotopic (exact) mass is 339 g/mol. The average Bonchev–Trinajstić information content (AvgIpc) is 3.20. The Morgan fingerprint density at radius 3 is 2.50 bits per heavy atom. The summed E-state index contributed by atoms with van der Waals surface area (Å²) in [5.41, 5.74) is 3.17. The van der Waals surface area contributed by atoms with E-state index in [0.29, 0.717) is 12.2 Å². The van der Waals surface area contributed by atoms with Gasteiger partial charge < -0.3 is 0 Å². The molecule has 0 aliphatic carbocycles. The van der Waals surface area contributed by atoms with Crippen LogP contribution < -0.4 is 4.31 Å². The summed E-state index contributed by atoms with van der Waals surface area (Å²) in [5.74, 6) is 0. The van der Waals surface area contributed by atoms with Crippen molar-refractivity contribution >= 4 is 15.7 Å². The molecule has 6 heteroatoms. The van der Waals surface area contributed by atoms with Gasteiger partial charge in [0.15, 0.2) is 0 Å². The van der Waals surface area contributed by atoms with Gasteiger partial charge in [0.05, 0.1) is 23.3 Å². The van der Waals surface area contributed by atoms with E-state index in [4.69, 9.17) is 0 Å². The number of anilines is 1. The van der Waals surface area contributed by atoms with Crippen LogP contribution in [-0.2, 0) is 16.4 Å². The van der Waals surface area contributed by atoms with Gasteiger partial charge in [-0.1, -0.05) is 36.4 Å². The zero-order chi connectivity index (χ0) is 16.7. The minimum Gasteiger partial charge on any atom is -0.266 e. The number of para-hydroxylation sites is 2. The highest BCUT2D eigenvalue weighted by molar-refractivity contribution is 7.92. The summed E-state index contributed by atoms with van der Waals surface area (Å²) in [5, 5.41) is 4.39. The van der Waals surface area contributed by atoms with Crippen LogP contribution in [0.3, 0.4) is 0 Å². The zero-order valence-electron chi connectivity index (χ0n) is 13.3. The predicted molar refractivity (Wildman–Crippen MR) is 93.0 cm³/mol. The first-order chi connectivity index (χ1) is 11.6. The lowest BCUT2D eigenvalue weighted by atomic mass is 10.2. The number of rotatable bonds is 3. The van der Waals surface area contributed by atoms with Crippen LogP contribution >= 0.6 is 0 Å². The molecule has 3 aromatic rings. The molecule has 0 unspecified atom stereocenters. The molecule has 4 rings (SSSR count). The van der Waals surface area contributed by atoms with Crippen molar-refractivity contribution in [2.75, 3.05) is 10.8 Å². The first-order valence-corrected chi connectivity index (χ1v) is 9.24. The fraction of sp³-hybridized carbons (Fsp3) is 0.167. The minimum atomic E-state index is -3.62. The van der Waals surface area contributed by atoms with Crippen molar-refractivity contribution in [1.82, 2.24) is 9.78 Å². The number of fused-ring (bicyclic) bond motifs is 1. The summed E-state index contributed by atoms with van der Waals surface area (Å²) in [6.45, 7) is 2.20. The van der Waals surface area contributed by atoms with Gasteiger partial charge in [0.25, 0.3) is 10.0 Å². The highest BCUT2D eigenvalue weighted by Crippen LogP contribution is 2.33. The van der Waals surface area contributed by atoms with E-state index in [1.807, 2.05) is 54.6 Å². The van der Waals surface area contributed by atoms with Gasteiger partial charge in [-0.25, -0.2) is 13.1 Å². The Hall–Kier alpha value is -2.60. The molecule has 0 saturated heterocycles. The van der Waals surface area contributed by atoms with E-state index in [2.05, 4.69) is 5.10 Å². The topological polar surface area (TPSA) is 55.2 Å². The Morgan fingerprint density at radius 2 is 1.71 bits per heavy atom. The second kappa shape index (κ2) is 5.49. The maximum absolute atomic E-state index is 13.1. The third-order valence-electron chi connectivity index (χ3n) is 4.29. The van der Waals surface area contributed by atoms with Crippen LogP contribution in [0.2, 0.25) is 0 Å². The second-order valence-corrected chi connectivity index (χ2v) is 7.65. The van der Waals surface area contributed by atoms with E-state index in [1.54, 1.807) is 17.8 Å². The van der Waals surface area contributed by atoms with Gasteiger partial charge in [-0.15, -0.1) is 0 Å². The number of benzene rings is 2. The molecule has 0 atom stereocenters. The number of hydrogen-bond acceptors (Lipinski definition) is 3. The second-order valence-electron chi connectivity index (χ2n) is 5.81. The smallest absolute Gasteiger partial charge is 0.266 e. The van der Waals surface area contributed by atoms with Crippen LogP contribution in [0.1, 0.15) is 11.3 Å². The Kier molecular flexibility index (Phi) is 3.42. The maximum atomic E-state index is 13.1. The first kappa shape index (κ1) is 15.0. The quantitative estimate of drug-likeness (QED) is 0.737. The largest absolute Gasteiger partial charge is 0.267 e. The molecule has 0 amide bonds. The van der Waals surface area contributed by atoms with Crippen LogP contribution in [0.15, 0.2) is 65.7 Å². The molecule has 2 aromatic carbocycles. The third-order valence-corrected chi connectivity index (χ3v) is 6.20. The lowest BCUT2D eigenvalue weighted by Crippen LogP contribution is -2.29. The summed E-state index contributed by atoms with van der Waals surface area (Å²) in [7, 11) is -3.62. The van der Waals surface area contributed by atoms with Gasteiger partial charge >= 0.3 is 0 Å². The van der Waals surface area contributed by atoms with E-state index in [0.717, 1.165) is 23.4 Å². The van der Waals surface area contributed by atoms with Crippen LogP contribution in [0, 0.1) is 6.92 Å². The lowest BCUT2D eigenvalue weighted by Gasteiger charge is -2.18. The predicted octanol–water partition coefficient (Wildman–Crippen LogP) is 2.93. The number of aryl methyl sites for hydroxylation is 1. The molecule has 122 valence electrons. The average molecular weight is 339 g/mol. The molecule has 0 bridgehead atoms. The van der Waals surface area contributed by atoms with Crippen LogP contribution in [0.5, 0.6) is 0 Å². The van der Waals surface area contributed by atoms with Crippen LogP contribution in [0.25, 0.3) is 5.69 Å². The lowest BCUT2D eigenvalue weighted by molar-refractivity contribution is 0.591. The van der Waals surface area contributed by atoms with Crippen molar-refractivity contribution in [2.45, 2.75) is 18.2 Å². The highest BCUT2D eigenvalue weighted by Gasteiger charge is 2.33. The van der Waals surface area contributed by atoms with E-state index < -0.39 is 10.0 Å². The SMILES string of the molecule is Cc1nn(-c2ccccc2)cc1S(=O)(=O)N1CCc2ccccc21. The van der Waals surface area contributed by atoms with Crippen molar-refractivity contribution in [3.8, 4) is 5.69 Å². The normalized spacial score (nSPS) is 14.0. The Bertz CT molecular complexity index is 994. The number of aromatic nitrogens is 2. The fourth-order valence-electron chi connectivity index (χ4n) is 3.09. The Balaban J connectivity index is 1.78. The molecule has 0 spiro atoms. The molecule has 24 heavy (non-hydrogen) atoms. The molecule has 1 aromatic heterocycles. The molecule has 0 N–H and O–H groups in total. The van der Waals surface area contributed by atoms with E-state index in [1.165, 1.54) is 4.31 Å². The van der Waals surface area contributed by atoms with E-state index in [-0.39, 0.29) is 4.90 Å². The van der Waals surface area contributed by atoms with Crippen LogP contribution in [0.4, 0.5) is 5.69 Å². The summed E-state index contributed by atoms with van der Waals surface area (Å²) in [6.07, 6.45) is 2.34. The summed E-state index contributed by atoms with van der Waals surface area (Å²) >= 11 is 0. The third kappa shape index (κ3) is 2.30. The van der Waals surface area contributed by atoms with Gasteiger partial charge in [-0.3, -0.25) is 4.31 Å². The van der Waals surface area contributed by atoms with Gasteiger partial charge in [-0.05, 0) is 37.1 Å². The standard InChI is InChI=1S/C18H17N3O2S/c1-14-18(13-20(19-14)16-8-3-2-4-9-16)24(22,23)21-12-11-15-7-5-6-10-17(15)21/h2-10,13H,11-12H2,1H3. The summed E-state index contributed by atoms with van der Waals surface area (Å²) < 4.78 is 29.4. The molecule has 0 fully saturated rings. The molecule has 0 saturated carbocycles. The number of sulfonamides is 1. The van der Waals surface area contributed by atoms with Crippen LogP contribution in [-0.4, -0.2) is 24.7 Å². The molecule has 1 aliphatic rings. The molecule has 0 radical (unpaired) electrons. The maximum Gasteiger partial charge on any atom is 0.267 e. The summed E-state index contributed by atoms with van der Waals surface area (Å²) in [4.78, 5) is 0.253. The summed E-state index contributed by atoms with van der Waals surface area (Å²) in [6, 6.07) is 17.2.